The first-order valence-corrected chi connectivity index (χ1v) is 21.9. The number of rotatable bonds is 32. The molecule has 1 saturated carbocycles. The third-order valence-electron chi connectivity index (χ3n) is 9.83. The molecule has 1 aliphatic carbocycles. The van der Waals surface area contributed by atoms with Gasteiger partial charge >= 0.3 is 7.82 Å². The van der Waals surface area contributed by atoms with E-state index >= 15 is 0 Å². The summed E-state index contributed by atoms with van der Waals surface area (Å²) in [6.45, 7) is 3.70. The highest BCUT2D eigenvalue weighted by molar-refractivity contribution is 7.47. The molecule has 0 aromatic heterocycles. The summed E-state index contributed by atoms with van der Waals surface area (Å²) in [6, 6.07) is -1.18. The minimum atomic E-state index is -5.12. The Balaban J connectivity index is 2.66. The molecular formula is C39H74NO12P. The first kappa shape index (κ1) is 49.8. The van der Waals surface area contributed by atoms with Crippen LogP contribution < -0.4 is 5.32 Å². The third kappa shape index (κ3) is 22.8. The second-order valence-electron chi connectivity index (χ2n) is 14.7. The highest BCUT2D eigenvalue weighted by atomic mass is 31.2. The van der Waals surface area contributed by atoms with E-state index in [0.717, 1.165) is 38.5 Å². The number of carbonyl (C=O) groups excluding carboxylic acids is 1. The van der Waals surface area contributed by atoms with Crippen molar-refractivity contribution >= 4 is 13.7 Å². The van der Waals surface area contributed by atoms with Crippen molar-refractivity contribution in [2.24, 2.45) is 0 Å². The van der Waals surface area contributed by atoms with Crippen molar-refractivity contribution in [1.82, 2.24) is 5.32 Å². The summed E-state index contributed by atoms with van der Waals surface area (Å²) in [7, 11) is -5.12. The number of amides is 1. The van der Waals surface area contributed by atoms with E-state index in [1.807, 2.05) is 6.08 Å². The highest BCUT2D eigenvalue weighted by Gasteiger charge is 2.51. The quantitative estimate of drug-likeness (QED) is 0.0243. The average molecular weight is 780 g/mol. The van der Waals surface area contributed by atoms with Crippen molar-refractivity contribution in [3.63, 3.8) is 0 Å². The number of aliphatic hydroxyl groups is 7. The molecule has 1 amide bonds. The minimum absolute atomic E-state index is 0.256. The number of hydrogen-bond acceptors (Lipinski definition) is 11. The second kappa shape index (κ2) is 30.0. The first-order valence-electron chi connectivity index (χ1n) is 20.4. The monoisotopic (exact) mass is 779 g/mol. The maximum atomic E-state index is 12.9. The van der Waals surface area contributed by atoms with E-state index in [1.165, 1.54) is 83.1 Å². The molecule has 14 heteroatoms. The molecule has 1 fully saturated rings. The van der Waals surface area contributed by atoms with Crippen LogP contribution >= 0.6 is 7.82 Å². The zero-order chi connectivity index (χ0) is 39.5. The van der Waals surface area contributed by atoms with Crippen molar-refractivity contribution in [2.45, 2.75) is 210 Å². The van der Waals surface area contributed by atoms with E-state index in [0.29, 0.717) is 12.8 Å². The Bertz CT molecular complexity index is 1020. The Hall–Kier alpha value is -1.22. The predicted molar refractivity (Wildman–Crippen MR) is 206 cm³/mol. The van der Waals surface area contributed by atoms with E-state index in [4.69, 9.17) is 9.05 Å². The lowest BCUT2D eigenvalue weighted by Gasteiger charge is -2.41. The van der Waals surface area contributed by atoms with E-state index in [-0.39, 0.29) is 12.8 Å². The third-order valence-corrected chi connectivity index (χ3v) is 10.8. The van der Waals surface area contributed by atoms with Crippen LogP contribution in [-0.2, 0) is 18.4 Å². The number of nitrogens with one attached hydrogen (secondary N) is 1. The van der Waals surface area contributed by atoms with Gasteiger partial charge in [0.1, 0.15) is 36.6 Å². The molecule has 0 radical (unpaired) electrons. The molecule has 1 aliphatic rings. The van der Waals surface area contributed by atoms with Gasteiger partial charge < -0.3 is 46.0 Å². The minimum Gasteiger partial charge on any atom is -0.391 e. The van der Waals surface area contributed by atoms with Crippen LogP contribution in [0.2, 0.25) is 0 Å². The van der Waals surface area contributed by atoms with Crippen LogP contribution in [0.25, 0.3) is 0 Å². The van der Waals surface area contributed by atoms with Gasteiger partial charge in [-0.2, -0.15) is 0 Å². The Morgan fingerprint density at radius 1 is 0.679 bits per heavy atom. The van der Waals surface area contributed by atoms with E-state index in [2.05, 4.69) is 25.2 Å². The van der Waals surface area contributed by atoms with Gasteiger partial charge in [0.05, 0.1) is 31.3 Å². The Labute approximate surface area is 318 Å². The summed E-state index contributed by atoms with van der Waals surface area (Å²) in [6.07, 6.45) is 15.6. The normalized spacial score (nSPS) is 25.1. The molecule has 0 aromatic carbocycles. The van der Waals surface area contributed by atoms with E-state index in [1.54, 1.807) is 6.08 Å². The van der Waals surface area contributed by atoms with Crippen molar-refractivity contribution < 1.29 is 59.0 Å². The lowest BCUT2D eigenvalue weighted by atomic mass is 9.85. The zero-order valence-corrected chi connectivity index (χ0v) is 33.3. The number of hydrogen-bond donors (Lipinski definition) is 9. The molecule has 53 heavy (non-hydrogen) atoms. The standard InChI is InChI=1S/C39H74NO12P/c1-3-5-7-9-11-13-15-17-19-21-23-25-27-32(42)31(29-51-53(49,50)52-39-37(47)35(45)34(44)36(46)38(39)48)40-33(43)28-30(41)26-24-22-20-18-16-14-12-10-8-6-4-2/h18,20,24,26,30-32,34-39,41-42,44-48H,3-17,19,21-23,25,27-29H2,1-2H3,(H,40,43)(H,49,50)/b20-18-,26-24-. The second-order valence-corrected chi connectivity index (χ2v) is 16.1. The van der Waals surface area contributed by atoms with Crippen LogP contribution in [0.15, 0.2) is 24.3 Å². The molecule has 0 saturated heterocycles. The maximum Gasteiger partial charge on any atom is 0.472 e. The number of aliphatic hydroxyl groups excluding tert-OH is 7. The van der Waals surface area contributed by atoms with E-state index < -0.39 is 75.2 Å². The van der Waals surface area contributed by atoms with Gasteiger partial charge in [0.2, 0.25) is 5.91 Å². The van der Waals surface area contributed by atoms with Crippen molar-refractivity contribution in [2.75, 3.05) is 6.61 Å². The molecule has 0 bridgehead atoms. The van der Waals surface area contributed by atoms with Crippen molar-refractivity contribution in [3.8, 4) is 0 Å². The molecule has 8 unspecified atom stereocenters. The van der Waals surface area contributed by atoms with Gasteiger partial charge in [0, 0.05) is 0 Å². The fourth-order valence-corrected chi connectivity index (χ4v) is 7.39. The van der Waals surface area contributed by atoms with Gasteiger partial charge in [-0.3, -0.25) is 13.8 Å². The molecular weight excluding hydrogens is 705 g/mol. The molecule has 0 heterocycles. The molecule has 8 atom stereocenters. The molecule has 9 N–H and O–H groups in total. The van der Waals surface area contributed by atoms with Gasteiger partial charge in [-0.25, -0.2) is 4.57 Å². The summed E-state index contributed by atoms with van der Waals surface area (Å²) in [5.41, 5.74) is 0. The van der Waals surface area contributed by atoms with Gasteiger partial charge in [0.25, 0.3) is 0 Å². The van der Waals surface area contributed by atoms with Gasteiger partial charge in [0.15, 0.2) is 0 Å². The topological polar surface area (TPSA) is 226 Å². The smallest absolute Gasteiger partial charge is 0.391 e. The van der Waals surface area contributed by atoms with Crippen molar-refractivity contribution in [1.29, 1.82) is 0 Å². The number of phosphoric ester groups is 1. The summed E-state index contributed by atoms with van der Waals surface area (Å²) in [5.74, 6) is -0.629. The average Bonchev–Trinajstić information content (AvgIpc) is 3.12. The summed E-state index contributed by atoms with van der Waals surface area (Å²) in [4.78, 5) is 23.3. The fourth-order valence-electron chi connectivity index (χ4n) is 6.42. The number of carbonyl (C=O) groups is 1. The largest absolute Gasteiger partial charge is 0.472 e. The molecule has 1 rings (SSSR count). The van der Waals surface area contributed by atoms with Crippen LogP contribution in [0.4, 0.5) is 0 Å². The van der Waals surface area contributed by atoms with Crippen LogP contribution in [0.3, 0.4) is 0 Å². The first-order chi connectivity index (χ1) is 25.3. The number of allylic oxidation sites excluding steroid dienone is 3. The maximum absolute atomic E-state index is 12.9. The number of phosphoric acid groups is 1. The van der Waals surface area contributed by atoms with Gasteiger partial charge in [-0.05, 0) is 25.7 Å². The van der Waals surface area contributed by atoms with Crippen LogP contribution in [0.1, 0.15) is 155 Å². The summed E-state index contributed by atoms with van der Waals surface area (Å²) in [5, 5.41) is 74.1. The highest BCUT2D eigenvalue weighted by Crippen LogP contribution is 2.47. The Morgan fingerprint density at radius 2 is 1.15 bits per heavy atom. The molecule has 0 spiro atoms. The molecule has 312 valence electrons. The Morgan fingerprint density at radius 3 is 1.68 bits per heavy atom. The predicted octanol–water partition coefficient (Wildman–Crippen LogP) is 5.25. The molecule has 0 aliphatic heterocycles. The van der Waals surface area contributed by atoms with Crippen LogP contribution in [0, 0.1) is 0 Å². The Kier molecular flexibility index (Phi) is 28.2. The van der Waals surface area contributed by atoms with Crippen LogP contribution in [-0.4, -0.2) is 108 Å². The zero-order valence-electron chi connectivity index (χ0n) is 32.4. The molecule has 0 aromatic rings. The lowest BCUT2D eigenvalue weighted by Crippen LogP contribution is -2.64. The SMILES string of the molecule is CCCCCCCC/C=C\C/C=C\C(O)CC(=O)NC(COP(=O)(O)OC1C(O)C(O)C(O)C(O)C1O)C(O)CCCCCCCCCCCCCC. The van der Waals surface area contributed by atoms with Crippen LogP contribution in [0.5, 0.6) is 0 Å². The fraction of sp³-hybridized carbons (Fsp3) is 0.872. The summed E-state index contributed by atoms with van der Waals surface area (Å²) < 4.78 is 22.8. The summed E-state index contributed by atoms with van der Waals surface area (Å²) >= 11 is 0. The van der Waals surface area contributed by atoms with E-state index in [9.17, 15) is 50.0 Å². The lowest BCUT2D eigenvalue weighted by molar-refractivity contribution is -0.220. The molecule has 13 nitrogen and oxygen atoms in total. The van der Waals surface area contributed by atoms with Gasteiger partial charge in [-0.15, -0.1) is 0 Å². The van der Waals surface area contributed by atoms with Gasteiger partial charge in [-0.1, -0.05) is 147 Å². The number of unbranched alkanes of at least 4 members (excludes halogenated alkanes) is 17. The van der Waals surface area contributed by atoms with Crippen molar-refractivity contribution in [3.05, 3.63) is 24.3 Å².